The minimum Gasteiger partial charge on any atom is -0.384 e. The normalized spacial score (nSPS) is 9.95. The quantitative estimate of drug-likeness (QED) is 0.863. The SMILES string of the molecule is CCCNc1ccc(C(=O)Nc2ccccc2)nc1. The summed E-state index contributed by atoms with van der Waals surface area (Å²) in [5.74, 6) is -0.201. The molecule has 0 fully saturated rings. The highest BCUT2D eigenvalue weighted by atomic mass is 16.1. The molecule has 2 N–H and O–H groups in total. The second-order valence-electron chi connectivity index (χ2n) is 4.18. The van der Waals surface area contributed by atoms with Gasteiger partial charge in [-0.1, -0.05) is 25.1 Å². The first-order valence-electron chi connectivity index (χ1n) is 6.36. The maximum absolute atomic E-state index is 11.9. The molecule has 1 heterocycles. The van der Waals surface area contributed by atoms with Crippen molar-refractivity contribution < 1.29 is 4.79 Å². The van der Waals surface area contributed by atoms with Crippen molar-refractivity contribution in [2.24, 2.45) is 0 Å². The maximum atomic E-state index is 11.9. The van der Waals surface area contributed by atoms with Crippen molar-refractivity contribution >= 4 is 17.3 Å². The number of hydrogen-bond donors (Lipinski definition) is 2. The molecule has 4 heteroatoms. The molecule has 0 unspecified atom stereocenters. The van der Waals surface area contributed by atoms with E-state index in [-0.39, 0.29) is 5.91 Å². The molecule has 1 amide bonds. The first-order valence-corrected chi connectivity index (χ1v) is 6.36. The van der Waals surface area contributed by atoms with Crippen LogP contribution in [0.2, 0.25) is 0 Å². The fourth-order valence-electron chi connectivity index (χ4n) is 1.62. The third kappa shape index (κ3) is 3.81. The Balaban J connectivity index is 1.99. The van der Waals surface area contributed by atoms with Gasteiger partial charge in [-0.2, -0.15) is 0 Å². The fraction of sp³-hybridized carbons (Fsp3) is 0.200. The Morgan fingerprint density at radius 2 is 1.89 bits per heavy atom. The van der Waals surface area contributed by atoms with Crippen molar-refractivity contribution in [1.29, 1.82) is 0 Å². The van der Waals surface area contributed by atoms with Gasteiger partial charge in [0.05, 0.1) is 11.9 Å². The smallest absolute Gasteiger partial charge is 0.274 e. The molecule has 1 aromatic heterocycles. The van der Waals surface area contributed by atoms with Crippen LogP contribution in [0.15, 0.2) is 48.7 Å². The Kier molecular flexibility index (Phi) is 4.50. The summed E-state index contributed by atoms with van der Waals surface area (Å²) in [5.41, 5.74) is 2.10. The maximum Gasteiger partial charge on any atom is 0.274 e. The number of carbonyl (C=O) groups is 1. The third-order valence-electron chi connectivity index (χ3n) is 2.61. The lowest BCUT2D eigenvalue weighted by Gasteiger charge is -2.06. The van der Waals surface area contributed by atoms with E-state index in [0.29, 0.717) is 5.69 Å². The number of nitrogens with one attached hydrogen (secondary N) is 2. The van der Waals surface area contributed by atoms with Crippen LogP contribution >= 0.6 is 0 Å². The van der Waals surface area contributed by atoms with Crippen molar-refractivity contribution in [3.63, 3.8) is 0 Å². The molecular formula is C15H17N3O. The number of nitrogens with zero attached hydrogens (tertiary/aromatic N) is 1. The number of carbonyl (C=O) groups excluding carboxylic acids is 1. The lowest BCUT2D eigenvalue weighted by atomic mass is 10.3. The summed E-state index contributed by atoms with van der Waals surface area (Å²) in [4.78, 5) is 16.1. The van der Waals surface area contributed by atoms with Crippen LogP contribution < -0.4 is 10.6 Å². The van der Waals surface area contributed by atoms with Gasteiger partial charge >= 0.3 is 0 Å². The molecule has 98 valence electrons. The Labute approximate surface area is 112 Å². The molecule has 0 saturated carbocycles. The number of rotatable bonds is 5. The molecule has 0 saturated heterocycles. The zero-order valence-electron chi connectivity index (χ0n) is 10.9. The Morgan fingerprint density at radius 3 is 2.53 bits per heavy atom. The van der Waals surface area contributed by atoms with E-state index >= 15 is 0 Å². The van der Waals surface area contributed by atoms with E-state index in [9.17, 15) is 4.79 Å². The zero-order valence-corrected chi connectivity index (χ0v) is 10.9. The summed E-state index contributed by atoms with van der Waals surface area (Å²) in [5, 5.41) is 6.01. The molecule has 0 atom stereocenters. The number of benzene rings is 1. The van der Waals surface area contributed by atoms with Crippen molar-refractivity contribution in [3.05, 3.63) is 54.4 Å². The molecule has 0 spiro atoms. The van der Waals surface area contributed by atoms with E-state index < -0.39 is 0 Å². The summed E-state index contributed by atoms with van der Waals surface area (Å²) in [6, 6.07) is 12.9. The molecule has 0 aliphatic carbocycles. The molecule has 0 aliphatic rings. The van der Waals surface area contributed by atoms with Crippen LogP contribution in [-0.4, -0.2) is 17.4 Å². The molecular weight excluding hydrogens is 238 g/mol. The van der Waals surface area contributed by atoms with E-state index in [2.05, 4.69) is 22.5 Å². The average molecular weight is 255 g/mol. The van der Waals surface area contributed by atoms with Crippen molar-refractivity contribution in [3.8, 4) is 0 Å². The summed E-state index contributed by atoms with van der Waals surface area (Å²) in [6.45, 7) is 3.00. The molecule has 0 aliphatic heterocycles. The van der Waals surface area contributed by atoms with Gasteiger partial charge in [-0.05, 0) is 30.7 Å². The number of anilines is 2. The average Bonchev–Trinajstić information content (AvgIpc) is 2.46. The molecule has 2 rings (SSSR count). The van der Waals surface area contributed by atoms with Crippen LogP contribution in [0.4, 0.5) is 11.4 Å². The standard InChI is InChI=1S/C15H17N3O/c1-2-10-16-13-8-9-14(17-11-13)15(19)18-12-6-4-3-5-7-12/h3-9,11,16H,2,10H2,1H3,(H,18,19). The van der Waals surface area contributed by atoms with Gasteiger partial charge in [0.25, 0.3) is 5.91 Å². The number of amides is 1. The topological polar surface area (TPSA) is 54.0 Å². The van der Waals surface area contributed by atoms with Gasteiger partial charge < -0.3 is 10.6 Å². The number of para-hydroxylation sites is 1. The predicted molar refractivity (Wildman–Crippen MR) is 77.4 cm³/mol. The summed E-state index contributed by atoms with van der Waals surface area (Å²) in [7, 11) is 0. The Morgan fingerprint density at radius 1 is 1.11 bits per heavy atom. The van der Waals surface area contributed by atoms with Crippen molar-refractivity contribution in [1.82, 2.24) is 4.98 Å². The lowest BCUT2D eigenvalue weighted by Crippen LogP contribution is -2.13. The second-order valence-corrected chi connectivity index (χ2v) is 4.18. The van der Waals surface area contributed by atoms with Gasteiger partial charge in [0, 0.05) is 12.2 Å². The largest absolute Gasteiger partial charge is 0.384 e. The third-order valence-corrected chi connectivity index (χ3v) is 2.61. The van der Waals surface area contributed by atoms with Crippen LogP contribution in [0.25, 0.3) is 0 Å². The zero-order chi connectivity index (χ0) is 13.5. The van der Waals surface area contributed by atoms with E-state index in [0.717, 1.165) is 24.3 Å². The molecule has 0 bridgehead atoms. The fourth-order valence-corrected chi connectivity index (χ4v) is 1.62. The Bertz CT molecular complexity index is 523. The van der Waals surface area contributed by atoms with Gasteiger partial charge in [-0.25, -0.2) is 4.98 Å². The lowest BCUT2D eigenvalue weighted by molar-refractivity contribution is 0.102. The number of pyridine rings is 1. The molecule has 19 heavy (non-hydrogen) atoms. The van der Waals surface area contributed by atoms with E-state index in [4.69, 9.17) is 0 Å². The first-order chi connectivity index (χ1) is 9.29. The van der Waals surface area contributed by atoms with Crippen molar-refractivity contribution in [2.75, 3.05) is 17.2 Å². The van der Waals surface area contributed by atoms with Gasteiger partial charge in [0.2, 0.25) is 0 Å². The molecule has 0 radical (unpaired) electrons. The number of aromatic nitrogens is 1. The summed E-state index contributed by atoms with van der Waals surface area (Å²) >= 11 is 0. The van der Waals surface area contributed by atoms with Gasteiger partial charge in [0.15, 0.2) is 0 Å². The van der Waals surface area contributed by atoms with Crippen molar-refractivity contribution in [2.45, 2.75) is 13.3 Å². The first kappa shape index (κ1) is 13.1. The highest BCUT2D eigenvalue weighted by Gasteiger charge is 2.06. The highest BCUT2D eigenvalue weighted by molar-refractivity contribution is 6.02. The van der Waals surface area contributed by atoms with E-state index in [1.54, 1.807) is 12.3 Å². The van der Waals surface area contributed by atoms with E-state index in [1.807, 2.05) is 36.4 Å². The predicted octanol–water partition coefficient (Wildman–Crippen LogP) is 3.16. The van der Waals surface area contributed by atoms with Crippen LogP contribution in [0.5, 0.6) is 0 Å². The van der Waals surface area contributed by atoms with Crippen LogP contribution in [0.3, 0.4) is 0 Å². The Hall–Kier alpha value is -2.36. The minimum absolute atomic E-state index is 0.201. The van der Waals surface area contributed by atoms with E-state index in [1.165, 1.54) is 0 Å². The van der Waals surface area contributed by atoms with Crippen LogP contribution in [0.1, 0.15) is 23.8 Å². The highest BCUT2D eigenvalue weighted by Crippen LogP contribution is 2.10. The number of hydrogen-bond acceptors (Lipinski definition) is 3. The summed E-state index contributed by atoms with van der Waals surface area (Å²) in [6.07, 6.45) is 2.73. The van der Waals surface area contributed by atoms with Gasteiger partial charge in [-0.15, -0.1) is 0 Å². The molecule has 4 nitrogen and oxygen atoms in total. The second kappa shape index (κ2) is 6.54. The monoisotopic (exact) mass is 255 g/mol. The van der Waals surface area contributed by atoms with Crippen LogP contribution in [-0.2, 0) is 0 Å². The van der Waals surface area contributed by atoms with Gasteiger partial charge in [0.1, 0.15) is 5.69 Å². The minimum atomic E-state index is -0.201. The molecule has 1 aromatic carbocycles. The molecule has 2 aromatic rings. The van der Waals surface area contributed by atoms with Crippen LogP contribution in [0, 0.1) is 0 Å². The van der Waals surface area contributed by atoms with Gasteiger partial charge in [-0.3, -0.25) is 4.79 Å². The summed E-state index contributed by atoms with van der Waals surface area (Å²) < 4.78 is 0.